The summed E-state index contributed by atoms with van der Waals surface area (Å²) in [7, 11) is -2.74. The Labute approximate surface area is 84.4 Å². The van der Waals surface area contributed by atoms with Gasteiger partial charge in [0.15, 0.2) is 9.84 Å². The first-order chi connectivity index (χ1) is 6.49. The molecule has 0 spiro atoms. The summed E-state index contributed by atoms with van der Waals surface area (Å²) in [4.78, 5) is 2.29. The molecule has 2 N–H and O–H groups in total. The predicted molar refractivity (Wildman–Crippen MR) is 53.7 cm³/mol. The lowest BCUT2D eigenvalue weighted by Gasteiger charge is -2.29. The monoisotopic (exact) mass is 216 g/mol. The van der Waals surface area contributed by atoms with Crippen LogP contribution in [0, 0.1) is 0 Å². The van der Waals surface area contributed by atoms with E-state index in [1.807, 2.05) is 0 Å². The lowest BCUT2D eigenvalue weighted by atomic mass is 10.2. The molecule has 5 heteroatoms. The van der Waals surface area contributed by atoms with Crippen LogP contribution in [0.5, 0.6) is 0 Å². The molecule has 1 aliphatic carbocycles. The van der Waals surface area contributed by atoms with Gasteiger partial charge in [0.25, 0.3) is 0 Å². The highest BCUT2D eigenvalue weighted by atomic mass is 32.2. The van der Waals surface area contributed by atoms with Crippen LogP contribution in [0.4, 0.5) is 0 Å². The lowest BCUT2D eigenvalue weighted by Crippen LogP contribution is -2.47. The van der Waals surface area contributed by atoms with Crippen LogP contribution in [0.3, 0.4) is 0 Å². The van der Waals surface area contributed by atoms with Crippen LogP contribution >= 0.6 is 0 Å². The summed E-state index contributed by atoms with van der Waals surface area (Å²) < 4.78 is 23.0. The zero-order chi connectivity index (χ0) is 9.97. The number of likely N-dealkylation sites (tertiary alicyclic amines) is 1. The Bertz CT molecular complexity index is 361. The van der Waals surface area contributed by atoms with Crippen molar-refractivity contribution >= 4 is 9.84 Å². The van der Waals surface area contributed by atoms with Gasteiger partial charge in [-0.15, -0.1) is 0 Å². The van der Waals surface area contributed by atoms with Crippen LogP contribution in [0.25, 0.3) is 0 Å². The summed E-state index contributed by atoms with van der Waals surface area (Å²) in [5.74, 6) is 0.369. The first kappa shape index (κ1) is 9.12. The van der Waals surface area contributed by atoms with Gasteiger partial charge in [0.1, 0.15) is 0 Å². The zero-order valence-electron chi connectivity index (χ0n) is 8.15. The Kier molecular flexibility index (Phi) is 1.64. The Hall–Kier alpha value is -0.130. The number of fused-ring (bicyclic) bond motifs is 2. The van der Waals surface area contributed by atoms with E-state index in [0.717, 1.165) is 32.4 Å². The van der Waals surface area contributed by atoms with E-state index in [4.69, 9.17) is 5.73 Å². The van der Waals surface area contributed by atoms with Crippen molar-refractivity contribution in [2.24, 2.45) is 5.73 Å². The van der Waals surface area contributed by atoms with Crippen LogP contribution in [-0.2, 0) is 9.84 Å². The summed E-state index contributed by atoms with van der Waals surface area (Å²) in [6.45, 7) is 1.63. The van der Waals surface area contributed by atoms with Crippen LogP contribution in [0.15, 0.2) is 0 Å². The quantitative estimate of drug-likeness (QED) is 0.666. The van der Waals surface area contributed by atoms with Crippen molar-refractivity contribution in [1.29, 1.82) is 0 Å². The van der Waals surface area contributed by atoms with E-state index in [-0.39, 0.29) is 16.8 Å². The molecule has 14 heavy (non-hydrogen) atoms. The Morgan fingerprint density at radius 3 is 2.57 bits per heavy atom. The molecular formula is C9H16N2O2S. The van der Waals surface area contributed by atoms with E-state index < -0.39 is 9.84 Å². The number of hydrogen-bond acceptors (Lipinski definition) is 4. The van der Waals surface area contributed by atoms with Gasteiger partial charge in [0.2, 0.25) is 0 Å². The van der Waals surface area contributed by atoms with E-state index in [0.29, 0.717) is 5.75 Å². The molecular weight excluding hydrogens is 200 g/mol. The Morgan fingerprint density at radius 2 is 2.14 bits per heavy atom. The van der Waals surface area contributed by atoms with Crippen molar-refractivity contribution in [3.63, 3.8) is 0 Å². The molecule has 2 aliphatic heterocycles. The minimum absolute atomic E-state index is 0.0221. The molecule has 0 aromatic heterocycles. The maximum Gasteiger partial charge on any atom is 0.156 e. The maximum absolute atomic E-state index is 11.5. The minimum Gasteiger partial charge on any atom is -0.324 e. The Balaban J connectivity index is 1.71. The van der Waals surface area contributed by atoms with Gasteiger partial charge in [0, 0.05) is 24.7 Å². The van der Waals surface area contributed by atoms with Gasteiger partial charge in [-0.05, 0) is 19.3 Å². The van der Waals surface area contributed by atoms with Gasteiger partial charge in [-0.2, -0.15) is 0 Å². The highest BCUT2D eigenvalue weighted by molar-refractivity contribution is 7.92. The van der Waals surface area contributed by atoms with Gasteiger partial charge < -0.3 is 5.73 Å². The van der Waals surface area contributed by atoms with Crippen LogP contribution in [0.1, 0.15) is 19.3 Å². The Morgan fingerprint density at radius 1 is 1.43 bits per heavy atom. The molecule has 0 aromatic carbocycles. The summed E-state index contributed by atoms with van der Waals surface area (Å²) in [5.41, 5.74) is 6.06. The normalized spacial score (nSPS) is 42.9. The molecule has 1 saturated carbocycles. The number of nitrogens with two attached hydrogens (primary N) is 1. The fourth-order valence-corrected chi connectivity index (χ4v) is 4.78. The van der Waals surface area contributed by atoms with Crippen molar-refractivity contribution in [1.82, 2.24) is 4.90 Å². The van der Waals surface area contributed by atoms with E-state index in [9.17, 15) is 8.42 Å². The number of sulfone groups is 1. The third-order valence-corrected chi connectivity index (χ3v) is 6.04. The molecule has 0 amide bonds. The van der Waals surface area contributed by atoms with Crippen molar-refractivity contribution in [2.75, 3.05) is 18.8 Å². The number of nitrogens with zero attached hydrogens (tertiary/aromatic N) is 1. The van der Waals surface area contributed by atoms with Crippen molar-refractivity contribution < 1.29 is 8.42 Å². The van der Waals surface area contributed by atoms with Crippen molar-refractivity contribution in [3.05, 3.63) is 0 Å². The standard InChI is InChI=1S/C9H16N2O2S/c10-9(1-2-9)6-11-4-8-3-7(11)5-14(8,12)13/h7-8H,1-6,10H2. The molecule has 2 heterocycles. The van der Waals surface area contributed by atoms with Crippen molar-refractivity contribution in [2.45, 2.75) is 36.1 Å². The van der Waals surface area contributed by atoms with E-state index in [1.54, 1.807) is 0 Å². The molecule has 2 saturated heterocycles. The SMILES string of the molecule is NC1(CN2CC3CC2CS3(=O)=O)CC1. The summed E-state index contributed by atoms with van der Waals surface area (Å²) in [6.07, 6.45) is 3.06. The third-order valence-electron chi connectivity index (χ3n) is 3.83. The first-order valence-electron chi connectivity index (χ1n) is 5.23. The second-order valence-corrected chi connectivity index (χ2v) is 7.46. The molecule has 2 unspecified atom stereocenters. The van der Waals surface area contributed by atoms with Gasteiger partial charge in [-0.25, -0.2) is 8.42 Å². The summed E-state index contributed by atoms with van der Waals surface area (Å²) in [5, 5.41) is -0.0881. The van der Waals surface area contributed by atoms with Crippen LogP contribution < -0.4 is 5.73 Å². The second kappa shape index (κ2) is 2.51. The highest BCUT2D eigenvalue weighted by Gasteiger charge is 2.51. The smallest absolute Gasteiger partial charge is 0.156 e. The molecule has 0 aromatic rings. The third kappa shape index (κ3) is 1.30. The number of hydrogen-bond donors (Lipinski definition) is 1. The molecule has 80 valence electrons. The second-order valence-electron chi connectivity index (χ2n) is 5.13. The van der Waals surface area contributed by atoms with Gasteiger partial charge >= 0.3 is 0 Å². The molecule has 2 bridgehead atoms. The molecule has 2 atom stereocenters. The van der Waals surface area contributed by atoms with Crippen LogP contribution in [0.2, 0.25) is 0 Å². The minimum atomic E-state index is -2.74. The lowest BCUT2D eigenvalue weighted by molar-refractivity contribution is 0.242. The summed E-state index contributed by atoms with van der Waals surface area (Å²) in [6, 6.07) is 0.269. The van der Waals surface area contributed by atoms with Gasteiger partial charge in [-0.1, -0.05) is 0 Å². The maximum atomic E-state index is 11.5. The molecule has 4 nitrogen and oxygen atoms in total. The molecule has 0 radical (unpaired) electrons. The van der Waals surface area contributed by atoms with Gasteiger partial charge in [0.05, 0.1) is 11.0 Å². The average molecular weight is 216 g/mol. The van der Waals surface area contributed by atoms with E-state index >= 15 is 0 Å². The van der Waals surface area contributed by atoms with E-state index in [1.165, 1.54) is 0 Å². The molecule has 3 fully saturated rings. The topological polar surface area (TPSA) is 63.4 Å². The first-order valence-corrected chi connectivity index (χ1v) is 6.95. The molecule has 3 rings (SSSR count). The average Bonchev–Trinajstić information content (AvgIpc) is 2.51. The predicted octanol–water partition coefficient (Wildman–Crippen LogP) is -0.651. The summed E-state index contributed by atoms with van der Waals surface area (Å²) >= 11 is 0. The van der Waals surface area contributed by atoms with E-state index in [2.05, 4.69) is 4.90 Å². The van der Waals surface area contributed by atoms with Crippen molar-refractivity contribution in [3.8, 4) is 0 Å². The highest BCUT2D eigenvalue weighted by Crippen LogP contribution is 2.38. The fourth-order valence-electron chi connectivity index (χ4n) is 2.69. The fraction of sp³-hybridized carbons (Fsp3) is 1.00. The van der Waals surface area contributed by atoms with Gasteiger partial charge in [-0.3, -0.25) is 4.90 Å². The zero-order valence-corrected chi connectivity index (χ0v) is 8.96. The number of rotatable bonds is 2. The molecule has 3 aliphatic rings. The van der Waals surface area contributed by atoms with Crippen LogP contribution in [-0.4, -0.2) is 49.0 Å². The largest absolute Gasteiger partial charge is 0.324 e.